The van der Waals surface area contributed by atoms with Crippen molar-refractivity contribution in [2.45, 2.75) is 52.1 Å². The predicted molar refractivity (Wildman–Crippen MR) is 76.9 cm³/mol. The zero-order valence-corrected chi connectivity index (χ0v) is 12.5. The molecule has 1 aromatic rings. The largest absolute Gasteiger partial charge is 0.469 e. The minimum Gasteiger partial charge on any atom is -0.469 e. The summed E-state index contributed by atoms with van der Waals surface area (Å²) in [6.45, 7) is 11.2. The van der Waals surface area contributed by atoms with Gasteiger partial charge in [-0.2, -0.15) is 0 Å². The normalized spacial score (nSPS) is 16.8. The fourth-order valence-corrected chi connectivity index (χ4v) is 2.90. The molecule has 0 aromatic carbocycles. The van der Waals surface area contributed by atoms with Crippen molar-refractivity contribution in [2.24, 2.45) is 0 Å². The molecule has 2 atom stereocenters. The summed E-state index contributed by atoms with van der Waals surface area (Å²) in [5.74, 6) is 1.06. The van der Waals surface area contributed by atoms with Gasteiger partial charge < -0.3 is 9.73 Å². The summed E-state index contributed by atoms with van der Waals surface area (Å²) in [5, 5.41) is 3.48. The standard InChI is InChI=1S/C15H28N2O/c1-6-15(4,17(7-2)8-3)14(16-5)12-13-10-9-11-18-13/h9-11,14,16H,6-8,12H2,1-5H3. The Kier molecular flexibility index (Phi) is 5.89. The summed E-state index contributed by atoms with van der Waals surface area (Å²) in [7, 11) is 2.05. The highest BCUT2D eigenvalue weighted by atomic mass is 16.3. The minimum absolute atomic E-state index is 0.158. The third-order valence-corrected chi connectivity index (χ3v) is 4.29. The molecule has 1 heterocycles. The monoisotopic (exact) mass is 252 g/mol. The molecule has 0 aliphatic rings. The van der Waals surface area contributed by atoms with E-state index in [2.05, 4.69) is 44.0 Å². The minimum atomic E-state index is 0.158. The highest BCUT2D eigenvalue weighted by Gasteiger charge is 2.36. The van der Waals surface area contributed by atoms with E-state index in [1.807, 2.05) is 13.1 Å². The van der Waals surface area contributed by atoms with Gasteiger partial charge in [-0.1, -0.05) is 20.8 Å². The van der Waals surface area contributed by atoms with Crippen LogP contribution in [-0.2, 0) is 6.42 Å². The van der Waals surface area contributed by atoms with Gasteiger partial charge in [-0.15, -0.1) is 0 Å². The van der Waals surface area contributed by atoms with E-state index in [-0.39, 0.29) is 5.54 Å². The number of nitrogens with zero attached hydrogens (tertiary/aromatic N) is 1. The molecule has 0 aliphatic heterocycles. The predicted octanol–water partition coefficient (Wildman–Crippen LogP) is 2.92. The van der Waals surface area contributed by atoms with Crippen molar-refractivity contribution in [1.82, 2.24) is 10.2 Å². The van der Waals surface area contributed by atoms with Gasteiger partial charge in [-0.3, -0.25) is 4.90 Å². The number of nitrogens with one attached hydrogen (secondary N) is 1. The Hall–Kier alpha value is -0.800. The number of rotatable bonds is 8. The van der Waals surface area contributed by atoms with E-state index in [0.29, 0.717) is 6.04 Å². The van der Waals surface area contributed by atoms with Crippen molar-refractivity contribution in [3.05, 3.63) is 24.2 Å². The molecule has 1 N–H and O–H groups in total. The Bertz CT molecular complexity index is 319. The topological polar surface area (TPSA) is 28.4 Å². The van der Waals surface area contributed by atoms with Gasteiger partial charge in [0.05, 0.1) is 6.26 Å². The molecule has 3 heteroatoms. The Morgan fingerprint density at radius 3 is 2.39 bits per heavy atom. The Balaban J connectivity index is 2.87. The summed E-state index contributed by atoms with van der Waals surface area (Å²) in [6.07, 6.45) is 3.81. The van der Waals surface area contributed by atoms with Crippen LogP contribution in [0.5, 0.6) is 0 Å². The molecule has 1 aromatic heterocycles. The lowest BCUT2D eigenvalue weighted by Gasteiger charge is -2.45. The molecular formula is C15H28N2O. The van der Waals surface area contributed by atoms with Crippen molar-refractivity contribution in [2.75, 3.05) is 20.1 Å². The molecule has 1 rings (SSSR count). The first-order valence-corrected chi connectivity index (χ1v) is 7.07. The first-order valence-electron chi connectivity index (χ1n) is 7.07. The van der Waals surface area contributed by atoms with E-state index in [9.17, 15) is 0 Å². The average Bonchev–Trinajstić information content (AvgIpc) is 2.89. The van der Waals surface area contributed by atoms with Crippen molar-refractivity contribution in [1.29, 1.82) is 0 Å². The zero-order chi connectivity index (χ0) is 13.6. The summed E-state index contributed by atoms with van der Waals surface area (Å²) in [5.41, 5.74) is 0.158. The first-order chi connectivity index (χ1) is 8.62. The SMILES string of the molecule is CCN(CC)C(C)(CC)C(Cc1ccco1)NC. The summed E-state index contributed by atoms with van der Waals surface area (Å²) in [4.78, 5) is 2.54. The van der Waals surface area contributed by atoms with Crippen LogP contribution in [-0.4, -0.2) is 36.6 Å². The molecule has 2 unspecified atom stereocenters. The number of hydrogen-bond acceptors (Lipinski definition) is 3. The van der Waals surface area contributed by atoms with Gasteiger partial charge in [-0.05, 0) is 45.6 Å². The first kappa shape index (κ1) is 15.3. The maximum atomic E-state index is 5.49. The summed E-state index contributed by atoms with van der Waals surface area (Å²) in [6, 6.07) is 4.42. The zero-order valence-electron chi connectivity index (χ0n) is 12.5. The van der Waals surface area contributed by atoms with E-state index >= 15 is 0 Å². The van der Waals surface area contributed by atoms with Crippen LogP contribution in [0.4, 0.5) is 0 Å². The van der Waals surface area contributed by atoms with Gasteiger partial charge in [0, 0.05) is 18.0 Å². The number of hydrogen-bond donors (Lipinski definition) is 1. The van der Waals surface area contributed by atoms with Crippen molar-refractivity contribution in [3.8, 4) is 0 Å². The van der Waals surface area contributed by atoms with E-state index < -0.39 is 0 Å². The summed E-state index contributed by atoms with van der Waals surface area (Å²) < 4.78 is 5.49. The molecule has 104 valence electrons. The fraction of sp³-hybridized carbons (Fsp3) is 0.733. The van der Waals surface area contributed by atoms with Crippen LogP contribution in [0.25, 0.3) is 0 Å². The molecule has 0 saturated heterocycles. The van der Waals surface area contributed by atoms with Crippen LogP contribution < -0.4 is 5.32 Å². The lowest BCUT2D eigenvalue weighted by Crippen LogP contribution is -2.59. The van der Waals surface area contributed by atoms with Gasteiger partial charge >= 0.3 is 0 Å². The summed E-state index contributed by atoms with van der Waals surface area (Å²) >= 11 is 0. The highest BCUT2D eigenvalue weighted by Crippen LogP contribution is 2.26. The van der Waals surface area contributed by atoms with E-state index in [4.69, 9.17) is 4.42 Å². The molecule has 0 amide bonds. The van der Waals surface area contributed by atoms with Gasteiger partial charge in [0.15, 0.2) is 0 Å². The number of furan rings is 1. The lowest BCUT2D eigenvalue weighted by molar-refractivity contribution is 0.0711. The maximum Gasteiger partial charge on any atom is 0.105 e. The molecule has 0 bridgehead atoms. The molecular weight excluding hydrogens is 224 g/mol. The third-order valence-electron chi connectivity index (χ3n) is 4.29. The van der Waals surface area contributed by atoms with Crippen molar-refractivity contribution < 1.29 is 4.42 Å². The molecule has 3 nitrogen and oxygen atoms in total. The Morgan fingerprint density at radius 2 is 2.00 bits per heavy atom. The van der Waals surface area contributed by atoms with Crippen LogP contribution in [0.3, 0.4) is 0 Å². The van der Waals surface area contributed by atoms with E-state index in [1.165, 1.54) is 0 Å². The Morgan fingerprint density at radius 1 is 1.33 bits per heavy atom. The molecule has 0 radical (unpaired) electrons. The van der Waals surface area contributed by atoms with Gasteiger partial charge in [0.1, 0.15) is 5.76 Å². The molecule has 18 heavy (non-hydrogen) atoms. The van der Waals surface area contributed by atoms with Crippen LogP contribution in [0.2, 0.25) is 0 Å². The van der Waals surface area contributed by atoms with E-state index in [0.717, 1.165) is 31.7 Å². The second kappa shape index (κ2) is 6.95. The molecule has 0 saturated carbocycles. The highest BCUT2D eigenvalue weighted by molar-refractivity contribution is 5.06. The lowest BCUT2D eigenvalue weighted by atomic mass is 9.84. The quantitative estimate of drug-likeness (QED) is 0.771. The van der Waals surface area contributed by atoms with Crippen LogP contribution >= 0.6 is 0 Å². The average molecular weight is 252 g/mol. The maximum absolute atomic E-state index is 5.49. The van der Waals surface area contributed by atoms with Crippen LogP contribution in [0.15, 0.2) is 22.8 Å². The van der Waals surface area contributed by atoms with Gasteiger partial charge in [0.25, 0.3) is 0 Å². The molecule has 0 spiro atoms. The van der Waals surface area contributed by atoms with Crippen LogP contribution in [0, 0.1) is 0 Å². The molecule has 0 aliphatic carbocycles. The second-order valence-corrected chi connectivity index (χ2v) is 5.01. The third kappa shape index (κ3) is 3.15. The van der Waals surface area contributed by atoms with Crippen LogP contribution in [0.1, 0.15) is 39.9 Å². The smallest absolute Gasteiger partial charge is 0.105 e. The Labute approximate surface area is 112 Å². The fourth-order valence-electron chi connectivity index (χ4n) is 2.90. The van der Waals surface area contributed by atoms with Gasteiger partial charge in [0.2, 0.25) is 0 Å². The van der Waals surface area contributed by atoms with E-state index in [1.54, 1.807) is 6.26 Å². The molecule has 0 fully saturated rings. The second-order valence-electron chi connectivity index (χ2n) is 5.01. The van der Waals surface area contributed by atoms with Crippen molar-refractivity contribution in [3.63, 3.8) is 0 Å². The number of likely N-dealkylation sites (N-methyl/N-ethyl adjacent to an activating group) is 2. The van der Waals surface area contributed by atoms with Gasteiger partial charge in [-0.25, -0.2) is 0 Å². The van der Waals surface area contributed by atoms with Crippen molar-refractivity contribution >= 4 is 0 Å².